The van der Waals surface area contributed by atoms with Crippen molar-refractivity contribution in [1.29, 1.82) is 0 Å². The van der Waals surface area contributed by atoms with Crippen LogP contribution in [0.1, 0.15) is 25.7 Å². The molecule has 0 aromatic heterocycles. The Balaban J connectivity index is 1.92. The number of anilines is 1. The van der Waals surface area contributed by atoms with E-state index >= 15 is 0 Å². The third kappa shape index (κ3) is 3.54. The largest absolute Gasteiger partial charge is 0.391 e. The lowest BCUT2D eigenvalue weighted by Crippen LogP contribution is -2.48. The van der Waals surface area contributed by atoms with E-state index in [-0.39, 0.29) is 5.69 Å². The van der Waals surface area contributed by atoms with Crippen molar-refractivity contribution in [2.75, 3.05) is 5.32 Å². The molecule has 20 heavy (non-hydrogen) atoms. The van der Waals surface area contributed by atoms with Crippen molar-refractivity contribution in [2.24, 2.45) is 0 Å². The zero-order valence-electron chi connectivity index (χ0n) is 10.9. The average molecular weight is 280 g/mol. The minimum atomic E-state index is -0.937. The number of carbonyl (C=O) groups excluding carboxylic acids is 2. The van der Waals surface area contributed by atoms with Crippen molar-refractivity contribution in [1.82, 2.24) is 5.32 Å². The van der Waals surface area contributed by atoms with E-state index in [2.05, 4.69) is 10.6 Å². The van der Waals surface area contributed by atoms with E-state index in [4.69, 9.17) is 0 Å². The molecule has 2 unspecified atom stereocenters. The number of aliphatic hydroxyl groups is 1. The van der Waals surface area contributed by atoms with E-state index in [0.29, 0.717) is 12.8 Å². The molecule has 6 heteroatoms. The van der Waals surface area contributed by atoms with Crippen LogP contribution in [0.2, 0.25) is 0 Å². The van der Waals surface area contributed by atoms with E-state index in [0.717, 1.165) is 12.8 Å². The average Bonchev–Trinajstić information content (AvgIpc) is 2.43. The van der Waals surface area contributed by atoms with Gasteiger partial charge in [-0.1, -0.05) is 25.0 Å². The molecule has 0 saturated heterocycles. The molecule has 0 bridgehead atoms. The smallest absolute Gasteiger partial charge is 0.313 e. The summed E-state index contributed by atoms with van der Waals surface area (Å²) in [4.78, 5) is 23.4. The van der Waals surface area contributed by atoms with Crippen LogP contribution < -0.4 is 10.6 Å². The van der Waals surface area contributed by atoms with Crippen molar-refractivity contribution < 1.29 is 19.1 Å². The SMILES string of the molecule is O=C(Nc1ccccc1F)C(=O)NC1CCCCC1O. The summed E-state index contributed by atoms with van der Waals surface area (Å²) in [5, 5.41) is 14.4. The molecule has 1 aliphatic carbocycles. The molecule has 1 aromatic carbocycles. The van der Waals surface area contributed by atoms with Gasteiger partial charge in [-0.2, -0.15) is 0 Å². The first-order valence-electron chi connectivity index (χ1n) is 6.62. The second kappa shape index (κ2) is 6.47. The lowest BCUT2D eigenvalue weighted by molar-refractivity contribution is -0.137. The molecule has 1 aliphatic rings. The van der Waals surface area contributed by atoms with Gasteiger partial charge in [0.05, 0.1) is 17.8 Å². The van der Waals surface area contributed by atoms with Gasteiger partial charge in [-0.15, -0.1) is 0 Å². The van der Waals surface area contributed by atoms with Gasteiger partial charge in [-0.3, -0.25) is 9.59 Å². The summed E-state index contributed by atoms with van der Waals surface area (Å²) < 4.78 is 13.3. The van der Waals surface area contributed by atoms with Gasteiger partial charge in [0.2, 0.25) is 0 Å². The topological polar surface area (TPSA) is 78.4 Å². The Morgan fingerprint density at radius 1 is 1.15 bits per heavy atom. The molecule has 0 heterocycles. The minimum Gasteiger partial charge on any atom is -0.391 e. The number of rotatable bonds is 2. The lowest BCUT2D eigenvalue weighted by Gasteiger charge is -2.27. The van der Waals surface area contributed by atoms with Gasteiger partial charge in [0.1, 0.15) is 5.82 Å². The Bertz CT molecular complexity index is 507. The molecule has 2 amide bonds. The van der Waals surface area contributed by atoms with Crippen LogP contribution in [0.15, 0.2) is 24.3 Å². The number of hydrogen-bond donors (Lipinski definition) is 3. The number of halogens is 1. The van der Waals surface area contributed by atoms with Gasteiger partial charge in [0.25, 0.3) is 0 Å². The van der Waals surface area contributed by atoms with Crippen LogP contribution in [0.25, 0.3) is 0 Å². The molecule has 0 spiro atoms. The van der Waals surface area contributed by atoms with Crippen LogP contribution in [0.4, 0.5) is 10.1 Å². The van der Waals surface area contributed by atoms with Gasteiger partial charge < -0.3 is 15.7 Å². The maximum atomic E-state index is 13.3. The van der Waals surface area contributed by atoms with Crippen LogP contribution in [0.5, 0.6) is 0 Å². The third-order valence-corrected chi connectivity index (χ3v) is 3.37. The van der Waals surface area contributed by atoms with E-state index in [1.54, 1.807) is 6.07 Å². The maximum Gasteiger partial charge on any atom is 0.313 e. The Morgan fingerprint density at radius 2 is 1.85 bits per heavy atom. The highest BCUT2D eigenvalue weighted by atomic mass is 19.1. The predicted molar refractivity (Wildman–Crippen MR) is 71.4 cm³/mol. The summed E-state index contributed by atoms with van der Waals surface area (Å²) in [5.41, 5.74) is -0.0446. The number of nitrogens with one attached hydrogen (secondary N) is 2. The molecule has 108 valence electrons. The van der Waals surface area contributed by atoms with E-state index in [1.807, 2.05) is 0 Å². The van der Waals surface area contributed by atoms with Crippen LogP contribution in [-0.4, -0.2) is 29.1 Å². The fourth-order valence-electron chi connectivity index (χ4n) is 2.26. The Hall–Kier alpha value is -1.95. The highest BCUT2D eigenvalue weighted by Gasteiger charge is 2.27. The Labute approximate surface area is 116 Å². The Kier molecular flexibility index (Phi) is 4.68. The quantitative estimate of drug-likeness (QED) is 0.712. The first-order valence-corrected chi connectivity index (χ1v) is 6.62. The summed E-state index contributed by atoms with van der Waals surface area (Å²) in [6.07, 6.45) is 2.43. The van der Waals surface area contributed by atoms with Crippen molar-refractivity contribution in [3.8, 4) is 0 Å². The number of amides is 2. The number of aliphatic hydroxyl groups excluding tert-OH is 1. The highest BCUT2D eigenvalue weighted by Crippen LogP contribution is 2.18. The minimum absolute atomic E-state index is 0.0446. The zero-order chi connectivity index (χ0) is 14.5. The van der Waals surface area contributed by atoms with Crippen LogP contribution in [0, 0.1) is 5.82 Å². The second-order valence-corrected chi connectivity index (χ2v) is 4.87. The summed E-state index contributed by atoms with van der Waals surface area (Å²) in [5.74, 6) is -2.40. The maximum absolute atomic E-state index is 13.3. The molecule has 2 atom stereocenters. The van der Waals surface area contributed by atoms with Crippen molar-refractivity contribution in [3.63, 3.8) is 0 Å². The molecular weight excluding hydrogens is 263 g/mol. The van der Waals surface area contributed by atoms with E-state index < -0.39 is 29.8 Å². The molecule has 5 nitrogen and oxygen atoms in total. The normalized spacial score (nSPS) is 22.1. The van der Waals surface area contributed by atoms with Gasteiger partial charge in [0.15, 0.2) is 0 Å². The number of benzene rings is 1. The lowest BCUT2D eigenvalue weighted by atomic mass is 9.92. The molecule has 1 saturated carbocycles. The van der Waals surface area contributed by atoms with Gasteiger partial charge in [-0.25, -0.2) is 4.39 Å². The summed E-state index contributed by atoms with van der Waals surface area (Å²) in [6, 6.07) is 5.20. The van der Waals surface area contributed by atoms with Crippen molar-refractivity contribution in [3.05, 3.63) is 30.1 Å². The standard InChI is InChI=1S/C14H17FN2O3/c15-9-5-1-2-6-10(9)16-13(19)14(20)17-11-7-3-4-8-12(11)18/h1-2,5-6,11-12,18H,3-4,7-8H2,(H,16,19)(H,17,20). The molecule has 1 aromatic rings. The number of hydrogen-bond acceptors (Lipinski definition) is 3. The van der Waals surface area contributed by atoms with Crippen LogP contribution >= 0.6 is 0 Å². The first-order chi connectivity index (χ1) is 9.58. The summed E-state index contributed by atoms with van der Waals surface area (Å²) in [6.45, 7) is 0. The van der Waals surface area contributed by atoms with E-state index in [1.165, 1.54) is 18.2 Å². The van der Waals surface area contributed by atoms with Gasteiger partial charge in [-0.05, 0) is 25.0 Å². The molecule has 3 N–H and O–H groups in total. The molecule has 0 radical (unpaired) electrons. The van der Waals surface area contributed by atoms with Crippen molar-refractivity contribution in [2.45, 2.75) is 37.8 Å². The predicted octanol–water partition coefficient (Wildman–Crippen LogP) is 1.18. The monoisotopic (exact) mass is 280 g/mol. The second-order valence-electron chi connectivity index (χ2n) is 4.87. The van der Waals surface area contributed by atoms with Crippen molar-refractivity contribution >= 4 is 17.5 Å². The van der Waals surface area contributed by atoms with E-state index in [9.17, 15) is 19.1 Å². The number of carbonyl (C=O) groups is 2. The van der Waals surface area contributed by atoms with Crippen LogP contribution in [0.3, 0.4) is 0 Å². The van der Waals surface area contributed by atoms with Gasteiger partial charge in [0, 0.05) is 0 Å². The number of para-hydroxylation sites is 1. The summed E-state index contributed by atoms with van der Waals surface area (Å²) in [7, 11) is 0. The summed E-state index contributed by atoms with van der Waals surface area (Å²) >= 11 is 0. The first kappa shape index (κ1) is 14.5. The molecule has 1 fully saturated rings. The highest BCUT2D eigenvalue weighted by molar-refractivity contribution is 6.39. The third-order valence-electron chi connectivity index (χ3n) is 3.37. The Morgan fingerprint density at radius 3 is 2.55 bits per heavy atom. The van der Waals surface area contributed by atoms with Gasteiger partial charge >= 0.3 is 11.8 Å². The fourth-order valence-corrected chi connectivity index (χ4v) is 2.26. The van der Waals surface area contributed by atoms with Crippen LogP contribution in [-0.2, 0) is 9.59 Å². The fraction of sp³-hybridized carbons (Fsp3) is 0.429. The zero-order valence-corrected chi connectivity index (χ0v) is 10.9. The molecule has 0 aliphatic heterocycles. The molecule has 2 rings (SSSR count). The molecular formula is C14H17FN2O3.